The van der Waals surface area contributed by atoms with Gasteiger partial charge in [-0.25, -0.2) is 0 Å². The third-order valence-corrected chi connectivity index (χ3v) is 4.60. The summed E-state index contributed by atoms with van der Waals surface area (Å²) < 4.78 is 1.95. The van der Waals surface area contributed by atoms with E-state index in [4.69, 9.17) is 0 Å². The molecule has 0 spiro atoms. The first-order valence-electron chi connectivity index (χ1n) is 6.38. The second kappa shape index (κ2) is 5.71. The van der Waals surface area contributed by atoms with Crippen LogP contribution in [-0.4, -0.2) is 26.6 Å². The molecule has 1 fully saturated rings. The van der Waals surface area contributed by atoms with E-state index in [0.29, 0.717) is 12.2 Å². The minimum atomic E-state index is 0.226. The lowest BCUT2D eigenvalue weighted by atomic mass is 10.1. The van der Waals surface area contributed by atoms with Crippen molar-refractivity contribution in [2.24, 2.45) is 0 Å². The van der Waals surface area contributed by atoms with E-state index in [2.05, 4.69) is 12.0 Å². The standard InChI is InChI=1S/C13H20N2OS/c1-3-15-11(8-10(2)14-15)9-12(16)13-6-4-5-7-17-13/h8,13H,3-7,9H2,1-2H3. The van der Waals surface area contributed by atoms with Crippen molar-refractivity contribution in [1.29, 1.82) is 0 Å². The maximum Gasteiger partial charge on any atom is 0.151 e. The van der Waals surface area contributed by atoms with Crippen LogP contribution >= 0.6 is 11.8 Å². The molecule has 0 amide bonds. The van der Waals surface area contributed by atoms with E-state index in [1.807, 2.05) is 29.4 Å². The van der Waals surface area contributed by atoms with E-state index in [9.17, 15) is 4.79 Å². The summed E-state index contributed by atoms with van der Waals surface area (Å²) in [6.07, 6.45) is 4.07. The van der Waals surface area contributed by atoms with Crippen molar-refractivity contribution in [3.05, 3.63) is 17.5 Å². The molecule has 2 rings (SSSR count). The summed E-state index contributed by atoms with van der Waals surface area (Å²) in [5.74, 6) is 1.52. The second-order valence-electron chi connectivity index (χ2n) is 4.59. The molecule has 17 heavy (non-hydrogen) atoms. The monoisotopic (exact) mass is 252 g/mol. The zero-order chi connectivity index (χ0) is 12.3. The predicted octanol–water partition coefficient (Wildman–Crippen LogP) is 2.61. The molecule has 1 saturated heterocycles. The Kier molecular flexibility index (Phi) is 4.26. The first-order valence-corrected chi connectivity index (χ1v) is 7.43. The Morgan fingerprint density at radius 2 is 2.41 bits per heavy atom. The first-order chi connectivity index (χ1) is 8.20. The van der Waals surface area contributed by atoms with Crippen LogP contribution in [0.2, 0.25) is 0 Å². The number of carbonyl (C=O) groups excluding carboxylic acids is 1. The molecule has 1 unspecified atom stereocenters. The summed E-state index contributed by atoms with van der Waals surface area (Å²) in [7, 11) is 0. The third kappa shape index (κ3) is 3.12. The average molecular weight is 252 g/mol. The molecule has 0 aromatic carbocycles. The highest BCUT2D eigenvalue weighted by molar-refractivity contribution is 8.00. The Labute approximate surface area is 107 Å². The molecule has 3 nitrogen and oxygen atoms in total. The Balaban J connectivity index is 2.01. The molecular weight excluding hydrogens is 232 g/mol. The van der Waals surface area contributed by atoms with Crippen molar-refractivity contribution < 1.29 is 4.79 Å². The maximum absolute atomic E-state index is 12.2. The highest BCUT2D eigenvalue weighted by atomic mass is 32.2. The Morgan fingerprint density at radius 1 is 1.59 bits per heavy atom. The van der Waals surface area contributed by atoms with Gasteiger partial charge >= 0.3 is 0 Å². The molecule has 1 atom stereocenters. The van der Waals surface area contributed by atoms with Gasteiger partial charge in [-0.05, 0) is 38.5 Å². The number of Topliss-reactive ketones (excluding diaryl/α,β-unsaturated/α-hetero) is 1. The molecule has 0 N–H and O–H groups in total. The molecule has 4 heteroatoms. The van der Waals surface area contributed by atoms with E-state index in [1.165, 1.54) is 12.8 Å². The zero-order valence-electron chi connectivity index (χ0n) is 10.6. The number of nitrogens with zero attached hydrogens (tertiary/aromatic N) is 2. The fraction of sp³-hybridized carbons (Fsp3) is 0.692. The number of hydrogen-bond donors (Lipinski definition) is 0. The molecule has 1 aromatic heterocycles. The largest absolute Gasteiger partial charge is 0.298 e. The number of aryl methyl sites for hydroxylation is 2. The SMILES string of the molecule is CCn1nc(C)cc1CC(=O)C1CCCCS1. The lowest BCUT2D eigenvalue weighted by Crippen LogP contribution is -2.23. The quantitative estimate of drug-likeness (QED) is 0.826. The summed E-state index contributed by atoms with van der Waals surface area (Å²) in [6, 6.07) is 2.04. The molecule has 94 valence electrons. The summed E-state index contributed by atoms with van der Waals surface area (Å²) in [6.45, 7) is 4.89. The number of rotatable bonds is 4. The van der Waals surface area contributed by atoms with Crippen molar-refractivity contribution >= 4 is 17.5 Å². The van der Waals surface area contributed by atoms with Crippen molar-refractivity contribution in [3.8, 4) is 0 Å². The van der Waals surface area contributed by atoms with Crippen LogP contribution in [0, 0.1) is 6.92 Å². The number of hydrogen-bond acceptors (Lipinski definition) is 3. The molecule has 0 bridgehead atoms. The van der Waals surface area contributed by atoms with Crippen molar-refractivity contribution in [2.75, 3.05) is 5.75 Å². The molecule has 0 saturated carbocycles. The van der Waals surface area contributed by atoms with Crippen LogP contribution in [0.5, 0.6) is 0 Å². The number of aromatic nitrogens is 2. The number of carbonyl (C=O) groups is 1. The highest BCUT2D eigenvalue weighted by Gasteiger charge is 2.22. The van der Waals surface area contributed by atoms with Gasteiger partial charge in [0.1, 0.15) is 0 Å². The maximum atomic E-state index is 12.2. The zero-order valence-corrected chi connectivity index (χ0v) is 11.4. The van der Waals surface area contributed by atoms with Gasteiger partial charge < -0.3 is 0 Å². The summed E-state index contributed by atoms with van der Waals surface area (Å²) in [5, 5.41) is 4.61. The Hall–Kier alpha value is -0.770. The molecule has 1 aliphatic rings. The van der Waals surface area contributed by atoms with Gasteiger partial charge in [0.05, 0.1) is 10.9 Å². The van der Waals surface area contributed by atoms with E-state index < -0.39 is 0 Å². The van der Waals surface area contributed by atoms with Gasteiger partial charge in [-0.1, -0.05) is 6.42 Å². The minimum absolute atomic E-state index is 0.226. The minimum Gasteiger partial charge on any atom is -0.298 e. The first kappa shape index (κ1) is 12.7. The van der Waals surface area contributed by atoms with E-state index in [0.717, 1.165) is 30.1 Å². The highest BCUT2D eigenvalue weighted by Crippen LogP contribution is 2.26. The van der Waals surface area contributed by atoms with Gasteiger partial charge in [-0.3, -0.25) is 9.48 Å². The van der Waals surface area contributed by atoms with Crippen molar-refractivity contribution in [3.63, 3.8) is 0 Å². The molecule has 0 radical (unpaired) electrons. The van der Waals surface area contributed by atoms with Crippen LogP contribution in [0.3, 0.4) is 0 Å². The summed E-state index contributed by atoms with van der Waals surface area (Å²) in [4.78, 5) is 12.2. The molecule has 2 heterocycles. The van der Waals surface area contributed by atoms with Gasteiger partial charge in [-0.15, -0.1) is 0 Å². The van der Waals surface area contributed by atoms with Gasteiger partial charge in [-0.2, -0.15) is 16.9 Å². The summed E-state index contributed by atoms with van der Waals surface area (Å²) in [5.41, 5.74) is 2.08. The molecule has 1 aliphatic heterocycles. The van der Waals surface area contributed by atoms with Crippen molar-refractivity contribution in [1.82, 2.24) is 9.78 Å². The fourth-order valence-corrected chi connectivity index (χ4v) is 3.56. The van der Waals surface area contributed by atoms with E-state index in [1.54, 1.807) is 0 Å². The Bertz CT molecular complexity index is 394. The van der Waals surface area contributed by atoms with Crippen LogP contribution in [0.15, 0.2) is 6.07 Å². The van der Waals surface area contributed by atoms with Gasteiger partial charge in [0.15, 0.2) is 5.78 Å². The van der Waals surface area contributed by atoms with Gasteiger partial charge in [0.25, 0.3) is 0 Å². The fourth-order valence-electron chi connectivity index (χ4n) is 2.30. The Morgan fingerprint density at radius 3 is 3.06 bits per heavy atom. The van der Waals surface area contributed by atoms with Gasteiger partial charge in [0, 0.05) is 18.7 Å². The third-order valence-electron chi connectivity index (χ3n) is 3.18. The van der Waals surface area contributed by atoms with Gasteiger partial charge in [0.2, 0.25) is 0 Å². The topological polar surface area (TPSA) is 34.9 Å². The van der Waals surface area contributed by atoms with Crippen LogP contribution in [0.25, 0.3) is 0 Å². The molecule has 1 aromatic rings. The predicted molar refractivity (Wildman–Crippen MR) is 71.4 cm³/mol. The summed E-state index contributed by atoms with van der Waals surface area (Å²) >= 11 is 1.83. The van der Waals surface area contributed by atoms with Crippen molar-refractivity contribution in [2.45, 2.75) is 51.3 Å². The lowest BCUT2D eigenvalue weighted by molar-refractivity contribution is -0.118. The van der Waals surface area contributed by atoms with E-state index in [-0.39, 0.29) is 5.25 Å². The smallest absolute Gasteiger partial charge is 0.151 e. The molecule has 0 aliphatic carbocycles. The van der Waals surface area contributed by atoms with E-state index >= 15 is 0 Å². The van der Waals surface area contributed by atoms with Crippen LogP contribution in [-0.2, 0) is 17.8 Å². The number of thioether (sulfide) groups is 1. The van der Waals surface area contributed by atoms with Crippen LogP contribution in [0.4, 0.5) is 0 Å². The lowest BCUT2D eigenvalue weighted by Gasteiger charge is -2.19. The van der Waals surface area contributed by atoms with Crippen LogP contribution < -0.4 is 0 Å². The van der Waals surface area contributed by atoms with Crippen LogP contribution in [0.1, 0.15) is 37.6 Å². The second-order valence-corrected chi connectivity index (χ2v) is 5.90. The molecular formula is C13H20N2OS. The normalized spacial score (nSPS) is 20.5. The average Bonchev–Trinajstić information content (AvgIpc) is 2.70. The number of ketones is 1.